The van der Waals surface area contributed by atoms with Gasteiger partial charge in [-0.25, -0.2) is 13.2 Å². The number of carbonyl (C=O) groups excluding carboxylic acids is 2. The van der Waals surface area contributed by atoms with Gasteiger partial charge in [-0.05, 0) is 119 Å². The summed E-state index contributed by atoms with van der Waals surface area (Å²) in [7, 11) is -4.09. The molecule has 6 rings (SSSR count). The minimum atomic E-state index is -4.09. The molecule has 1 N–H and O–H groups in total. The van der Waals surface area contributed by atoms with E-state index in [1.54, 1.807) is 68.1 Å². The number of halogens is 1. The maximum Gasteiger partial charge on any atom is 0.407 e. The van der Waals surface area contributed by atoms with E-state index in [9.17, 15) is 18.0 Å². The Kier molecular flexibility index (Phi) is 10.1. The summed E-state index contributed by atoms with van der Waals surface area (Å²) < 4.78 is 47.6. The molecule has 3 aromatic rings. The Balaban J connectivity index is 1.19. The Labute approximate surface area is 287 Å². The van der Waals surface area contributed by atoms with Crippen molar-refractivity contribution in [2.75, 3.05) is 19.6 Å². The molecule has 2 aliphatic heterocycles. The molecule has 0 radical (unpaired) electrons. The minimum absolute atomic E-state index is 0.0181. The smallest absolute Gasteiger partial charge is 0.407 e. The largest absolute Gasteiger partial charge is 0.490 e. The molecular weight excluding hydrogens is 654 g/mol. The van der Waals surface area contributed by atoms with Gasteiger partial charge in [-0.15, -0.1) is 0 Å². The van der Waals surface area contributed by atoms with Gasteiger partial charge in [0, 0.05) is 30.6 Å². The maximum absolute atomic E-state index is 14.3. The van der Waals surface area contributed by atoms with Gasteiger partial charge in [-0.3, -0.25) is 4.79 Å². The first kappa shape index (κ1) is 34.3. The van der Waals surface area contributed by atoms with Crippen LogP contribution in [0.25, 0.3) is 10.8 Å². The number of piperidine rings is 1. The average Bonchev–Trinajstić information content (AvgIpc) is 3.71. The number of amides is 2. The molecule has 0 unspecified atom stereocenters. The minimum Gasteiger partial charge on any atom is -0.490 e. The predicted molar refractivity (Wildman–Crippen MR) is 184 cm³/mol. The molecule has 0 spiro atoms. The second kappa shape index (κ2) is 14.1. The number of benzene rings is 3. The van der Waals surface area contributed by atoms with Gasteiger partial charge in [0.15, 0.2) is 0 Å². The molecule has 2 amide bonds. The van der Waals surface area contributed by atoms with Gasteiger partial charge in [0.2, 0.25) is 15.9 Å². The molecule has 12 heteroatoms. The van der Waals surface area contributed by atoms with Crippen LogP contribution in [0, 0.1) is 0 Å². The Bertz CT molecular complexity index is 1730. The fourth-order valence-electron chi connectivity index (χ4n) is 6.75. The Morgan fingerprint density at radius 3 is 2.15 bits per heavy atom. The highest BCUT2D eigenvalue weighted by atomic mass is 35.5. The van der Waals surface area contributed by atoms with Gasteiger partial charge in [0.1, 0.15) is 29.2 Å². The first-order chi connectivity index (χ1) is 22.8. The third-order valence-electron chi connectivity index (χ3n) is 9.14. The van der Waals surface area contributed by atoms with E-state index in [1.807, 2.05) is 18.2 Å². The zero-order chi connectivity index (χ0) is 34.1. The summed E-state index contributed by atoms with van der Waals surface area (Å²) in [5, 5.41) is 5.10. The number of sulfonamides is 1. The van der Waals surface area contributed by atoms with Crippen molar-refractivity contribution in [1.82, 2.24) is 14.5 Å². The van der Waals surface area contributed by atoms with E-state index in [-0.39, 0.29) is 35.9 Å². The summed E-state index contributed by atoms with van der Waals surface area (Å²) in [5.41, 5.74) is -0.611. The van der Waals surface area contributed by atoms with Crippen molar-refractivity contribution in [3.8, 4) is 11.5 Å². The van der Waals surface area contributed by atoms with Gasteiger partial charge < -0.3 is 24.4 Å². The zero-order valence-corrected chi connectivity index (χ0v) is 29.3. The summed E-state index contributed by atoms with van der Waals surface area (Å²) in [5.74, 6) is 1.05. The van der Waals surface area contributed by atoms with E-state index in [4.69, 9.17) is 25.8 Å². The van der Waals surface area contributed by atoms with Crippen LogP contribution < -0.4 is 14.8 Å². The third-order valence-corrected chi connectivity index (χ3v) is 11.3. The van der Waals surface area contributed by atoms with Crippen LogP contribution in [-0.4, -0.2) is 79.2 Å². The standard InChI is InChI=1S/C36H44ClN3O7S/c1-36(2,3)47-35(42)38-27-16-18-39(19-17-27)34(41)33-22-31(46-29-13-10-26(37)11-14-29)23-40(33)48(43,44)32-15-9-24-20-30(12-8-25(24)21-32)45-28-6-4-5-7-28/h8-15,20-21,27-28,31,33H,4-7,16-19,22-23H2,1-3H3,(H,38,42)/t31-,33+/m1/s1. The lowest BCUT2D eigenvalue weighted by molar-refractivity contribution is -0.135. The number of rotatable bonds is 8. The van der Waals surface area contributed by atoms with E-state index in [1.165, 1.54) is 17.1 Å². The van der Waals surface area contributed by atoms with E-state index >= 15 is 0 Å². The molecule has 0 bridgehead atoms. The highest BCUT2D eigenvalue weighted by Crippen LogP contribution is 2.33. The lowest BCUT2D eigenvalue weighted by Crippen LogP contribution is -2.52. The van der Waals surface area contributed by atoms with E-state index in [0.717, 1.165) is 29.4 Å². The van der Waals surface area contributed by atoms with E-state index in [2.05, 4.69) is 5.32 Å². The number of hydrogen-bond acceptors (Lipinski definition) is 7. The van der Waals surface area contributed by atoms with Crippen LogP contribution in [0.4, 0.5) is 4.79 Å². The first-order valence-corrected chi connectivity index (χ1v) is 18.6. The molecule has 2 saturated heterocycles. The van der Waals surface area contributed by atoms with Crippen molar-refractivity contribution in [2.24, 2.45) is 0 Å². The van der Waals surface area contributed by atoms with Gasteiger partial charge in [-0.1, -0.05) is 23.7 Å². The molecular formula is C36H44ClN3O7S. The highest BCUT2D eigenvalue weighted by molar-refractivity contribution is 7.89. The van der Waals surface area contributed by atoms with Crippen molar-refractivity contribution >= 4 is 44.4 Å². The SMILES string of the molecule is CC(C)(C)OC(=O)NC1CCN(C(=O)[C@@H]2C[C@@H](Oc3ccc(Cl)cc3)CN2S(=O)(=O)c2ccc3cc(OC4CCCC4)ccc3c2)CC1. The second-order valence-electron chi connectivity index (χ2n) is 14.0. The predicted octanol–water partition coefficient (Wildman–Crippen LogP) is 6.54. The first-order valence-electron chi connectivity index (χ1n) is 16.8. The number of nitrogens with zero attached hydrogens (tertiary/aromatic N) is 2. The maximum atomic E-state index is 14.3. The van der Waals surface area contributed by atoms with Crippen LogP contribution in [0.2, 0.25) is 5.02 Å². The highest BCUT2D eigenvalue weighted by Gasteiger charge is 2.47. The summed E-state index contributed by atoms with van der Waals surface area (Å²) in [6, 6.07) is 16.5. The Morgan fingerprint density at radius 1 is 0.833 bits per heavy atom. The summed E-state index contributed by atoms with van der Waals surface area (Å²) in [6.07, 6.45) is 4.91. The number of alkyl carbamates (subject to hydrolysis) is 1. The van der Waals surface area contributed by atoms with Crippen molar-refractivity contribution < 1.29 is 32.2 Å². The third kappa shape index (κ3) is 8.18. The van der Waals surface area contributed by atoms with E-state index in [0.29, 0.717) is 36.7 Å². The lowest BCUT2D eigenvalue weighted by Gasteiger charge is -2.35. The molecule has 2 heterocycles. The van der Waals surface area contributed by atoms with Crippen LogP contribution >= 0.6 is 11.6 Å². The van der Waals surface area contributed by atoms with Crippen molar-refractivity contribution in [3.63, 3.8) is 0 Å². The normalized spacial score (nSPS) is 21.4. The Hall–Kier alpha value is -3.54. The summed E-state index contributed by atoms with van der Waals surface area (Å²) >= 11 is 6.05. The van der Waals surface area contributed by atoms with Gasteiger partial charge in [0.25, 0.3) is 0 Å². The van der Waals surface area contributed by atoms with Gasteiger partial charge >= 0.3 is 6.09 Å². The number of nitrogens with one attached hydrogen (secondary N) is 1. The summed E-state index contributed by atoms with van der Waals surface area (Å²) in [4.78, 5) is 28.2. The van der Waals surface area contributed by atoms with Crippen LogP contribution in [-0.2, 0) is 19.6 Å². The fourth-order valence-corrected chi connectivity index (χ4v) is 8.54. The number of likely N-dealkylation sites (tertiary alicyclic amines) is 1. The van der Waals surface area contributed by atoms with Crippen LogP contribution in [0.5, 0.6) is 11.5 Å². The lowest BCUT2D eigenvalue weighted by atomic mass is 10.0. The molecule has 0 aromatic heterocycles. The molecule has 10 nitrogen and oxygen atoms in total. The van der Waals surface area contributed by atoms with Crippen molar-refractivity contribution in [2.45, 2.75) is 101 Å². The number of carbonyl (C=O) groups is 2. The molecule has 1 saturated carbocycles. The molecule has 3 fully saturated rings. The number of hydrogen-bond donors (Lipinski definition) is 1. The molecule has 3 aromatic carbocycles. The summed E-state index contributed by atoms with van der Waals surface area (Å²) in [6.45, 7) is 6.20. The fraction of sp³-hybridized carbons (Fsp3) is 0.500. The molecule has 3 aliphatic rings. The van der Waals surface area contributed by atoms with Crippen molar-refractivity contribution in [1.29, 1.82) is 0 Å². The van der Waals surface area contributed by atoms with Crippen LogP contribution in [0.1, 0.15) is 65.7 Å². The monoisotopic (exact) mass is 697 g/mol. The number of ether oxygens (including phenoxy) is 3. The van der Waals surface area contributed by atoms with Crippen LogP contribution in [0.15, 0.2) is 65.6 Å². The molecule has 1 aliphatic carbocycles. The Morgan fingerprint density at radius 2 is 1.46 bits per heavy atom. The van der Waals surface area contributed by atoms with Crippen LogP contribution in [0.3, 0.4) is 0 Å². The average molecular weight is 698 g/mol. The zero-order valence-electron chi connectivity index (χ0n) is 27.7. The molecule has 48 heavy (non-hydrogen) atoms. The molecule has 258 valence electrons. The number of fused-ring (bicyclic) bond motifs is 1. The second-order valence-corrected chi connectivity index (χ2v) is 16.3. The van der Waals surface area contributed by atoms with Gasteiger partial charge in [0.05, 0.1) is 17.5 Å². The van der Waals surface area contributed by atoms with E-state index < -0.39 is 33.9 Å². The topological polar surface area (TPSA) is 114 Å². The van der Waals surface area contributed by atoms with Gasteiger partial charge in [-0.2, -0.15) is 4.31 Å². The van der Waals surface area contributed by atoms with Crippen molar-refractivity contribution in [3.05, 3.63) is 65.7 Å². The molecule has 2 atom stereocenters. The quantitative estimate of drug-likeness (QED) is 0.284.